The van der Waals surface area contributed by atoms with Crippen LogP contribution < -0.4 is 15.4 Å². The van der Waals surface area contributed by atoms with Crippen molar-refractivity contribution in [2.45, 2.75) is 0 Å². The van der Waals surface area contributed by atoms with Gasteiger partial charge in [-0.1, -0.05) is 15.9 Å². The zero-order valence-electron chi connectivity index (χ0n) is 12.3. The van der Waals surface area contributed by atoms with Crippen LogP contribution in [0.25, 0.3) is 0 Å². The zero-order valence-corrected chi connectivity index (χ0v) is 13.8. The number of pyridine rings is 1. The van der Waals surface area contributed by atoms with E-state index in [1.807, 2.05) is 12.1 Å². The Hall–Kier alpha value is -2.59. The van der Waals surface area contributed by atoms with Gasteiger partial charge in [-0.05, 0) is 36.4 Å². The summed E-state index contributed by atoms with van der Waals surface area (Å²) in [7, 11) is 0. The predicted octanol–water partition coefficient (Wildman–Crippen LogP) is 2.32. The van der Waals surface area contributed by atoms with Gasteiger partial charge in [0.15, 0.2) is 6.61 Å². The summed E-state index contributed by atoms with van der Waals surface area (Å²) in [6.07, 6.45) is 1.60. The Morgan fingerprint density at radius 2 is 2.04 bits per heavy atom. The number of hydrogen-bond donors (Lipinski definition) is 2. The van der Waals surface area contributed by atoms with Gasteiger partial charge in [0.1, 0.15) is 17.6 Å². The molecule has 0 spiro atoms. The standard InChI is InChI=1S/C16H15BrN4O2/c17-13-3-5-14(6-4-13)23-11-15(22)19-8-9-21-16-12(10-18)2-1-7-20-16/h1-7H,8-9,11H2,(H,19,22)(H,20,21). The van der Waals surface area contributed by atoms with Crippen molar-refractivity contribution >= 4 is 27.7 Å². The van der Waals surface area contributed by atoms with Gasteiger partial charge in [0.25, 0.3) is 5.91 Å². The molecule has 1 aromatic heterocycles. The molecule has 6 nitrogen and oxygen atoms in total. The summed E-state index contributed by atoms with van der Waals surface area (Å²) in [5.41, 5.74) is 0.470. The molecule has 0 unspecified atom stereocenters. The van der Waals surface area contributed by atoms with E-state index in [9.17, 15) is 4.79 Å². The third-order valence-electron chi connectivity index (χ3n) is 2.85. The monoisotopic (exact) mass is 374 g/mol. The van der Waals surface area contributed by atoms with Crippen LogP contribution in [0.1, 0.15) is 5.56 Å². The average Bonchev–Trinajstić information content (AvgIpc) is 2.58. The van der Waals surface area contributed by atoms with Crippen LogP contribution in [0.5, 0.6) is 5.75 Å². The first kappa shape index (κ1) is 16.8. The highest BCUT2D eigenvalue weighted by Gasteiger charge is 2.04. The van der Waals surface area contributed by atoms with E-state index in [0.29, 0.717) is 30.2 Å². The molecule has 2 N–H and O–H groups in total. The van der Waals surface area contributed by atoms with Crippen molar-refractivity contribution < 1.29 is 9.53 Å². The Morgan fingerprint density at radius 1 is 1.26 bits per heavy atom. The number of rotatable bonds is 7. The normalized spacial score (nSPS) is 9.74. The molecule has 0 saturated carbocycles. The Labute approximate surface area is 142 Å². The van der Waals surface area contributed by atoms with Crippen molar-refractivity contribution in [1.29, 1.82) is 5.26 Å². The smallest absolute Gasteiger partial charge is 0.258 e. The van der Waals surface area contributed by atoms with E-state index < -0.39 is 0 Å². The van der Waals surface area contributed by atoms with Crippen molar-refractivity contribution in [3.05, 3.63) is 52.6 Å². The van der Waals surface area contributed by atoms with Gasteiger partial charge in [0.05, 0.1) is 5.56 Å². The fourth-order valence-electron chi connectivity index (χ4n) is 1.75. The topological polar surface area (TPSA) is 87.0 Å². The summed E-state index contributed by atoms with van der Waals surface area (Å²) in [5.74, 6) is 0.931. The molecule has 7 heteroatoms. The molecule has 0 saturated heterocycles. The molecule has 118 valence electrons. The lowest BCUT2D eigenvalue weighted by Crippen LogP contribution is -2.32. The van der Waals surface area contributed by atoms with Gasteiger partial charge in [-0.15, -0.1) is 0 Å². The molecule has 1 aromatic carbocycles. The third kappa shape index (κ3) is 5.60. The minimum atomic E-state index is -0.212. The second kappa shape index (κ2) is 8.76. The molecule has 1 amide bonds. The van der Waals surface area contributed by atoms with Crippen LogP contribution in [-0.2, 0) is 4.79 Å². The van der Waals surface area contributed by atoms with Crippen LogP contribution in [0.15, 0.2) is 47.1 Å². The maximum absolute atomic E-state index is 11.7. The average molecular weight is 375 g/mol. The minimum Gasteiger partial charge on any atom is -0.484 e. The summed E-state index contributed by atoms with van der Waals surface area (Å²) in [4.78, 5) is 15.8. The Bertz CT molecular complexity index is 698. The van der Waals surface area contributed by atoms with Crippen molar-refractivity contribution in [2.75, 3.05) is 25.0 Å². The highest BCUT2D eigenvalue weighted by atomic mass is 79.9. The lowest BCUT2D eigenvalue weighted by atomic mass is 10.3. The minimum absolute atomic E-state index is 0.0470. The van der Waals surface area contributed by atoms with Crippen molar-refractivity contribution in [1.82, 2.24) is 10.3 Å². The number of anilines is 1. The Balaban J connectivity index is 1.67. The quantitative estimate of drug-likeness (QED) is 0.726. The number of halogens is 1. The molecule has 0 bridgehead atoms. The van der Waals surface area contributed by atoms with Crippen LogP contribution in [-0.4, -0.2) is 30.6 Å². The Morgan fingerprint density at radius 3 is 2.78 bits per heavy atom. The fraction of sp³-hybridized carbons (Fsp3) is 0.188. The molecule has 0 aliphatic carbocycles. The number of amides is 1. The van der Waals surface area contributed by atoms with E-state index in [4.69, 9.17) is 10.00 Å². The molecule has 1 heterocycles. The largest absolute Gasteiger partial charge is 0.484 e. The molecule has 2 aromatic rings. The van der Waals surface area contributed by atoms with Gasteiger partial charge in [-0.2, -0.15) is 5.26 Å². The van der Waals surface area contributed by atoms with Gasteiger partial charge in [0, 0.05) is 23.8 Å². The lowest BCUT2D eigenvalue weighted by Gasteiger charge is -2.09. The molecule has 0 aliphatic rings. The van der Waals surface area contributed by atoms with Gasteiger partial charge < -0.3 is 15.4 Å². The first-order valence-electron chi connectivity index (χ1n) is 6.93. The second-order valence-corrected chi connectivity index (χ2v) is 5.45. The van der Waals surface area contributed by atoms with E-state index >= 15 is 0 Å². The van der Waals surface area contributed by atoms with E-state index in [1.54, 1.807) is 30.5 Å². The van der Waals surface area contributed by atoms with Crippen LogP contribution >= 0.6 is 15.9 Å². The van der Waals surface area contributed by atoms with E-state index in [1.165, 1.54) is 0 Å². The lowest BCUT2D eigenvalue weighted by molar-refractivity contribution is -0.123. The van der Waals surface area contributed by atoms with Crippen molar-refractivity contribution in [3.63, 3.8) is 0 Å². The van der Waals surface area contributed by atoms with Gasteiger partial charge in [-0.3, -0.25) is 4.79 Å². The summed E-state index contributed by atoms with van der Waals surface area (Å²) in [5, 5.41) is 14.7. The van der Waals surface area contributed by atoms with Gasteiger partial charge >= 0.3 is 0 Å². The van der Waals surface area contributed by atoms with Crippen LogP contribution in [0.3, 0.4) is 0 Å². The van der Waals surface area contributed by atoms with Crippen LogP contribution in [0.2, 0.25) is 0 Å². The summed E-state index contributed by atoms with van der Waals surface area (Å²) in [6, 6.07) is 12.7. The number of carbonyl (C=O) groups is 1. The SMILES string of the molecule is N#Cc1cccnc1NCCNC(=O)COc1ccc(Br)cc1. The number of carbonyl (C=O) groups excluding carboxylic acids is 1. The van der Waals surface area contributed by atoms with E-state index in [-0.39, 0.29) is 12.5 Å². The van der Waals surface area contributed by atoms with Gasteiger partial charge in [0.2, 0.25) is 0 Å². The molecule has 0 aliphatic heterocycles. The van der Waals surface area contributed by atoms with Crippen molar-refractivity contribution in [3.8, 4) is 11.8 Å². The summed E-state index contributed by atoms with van der Waals surface area (Å²) < 4.78 is 6.32. The van der Waals surface area contributed by atoms with Crippen LogP contribution in [0.4, 0.5) is 5.82 Å². The number of ether oxygens (including phenoxy) is 1. The molecule has 0 fully saturated rings. The molecular formula is C16H15BrN4O2. The number of nitrogens with one attached hydrogen (secondary N) is 2. The molecule has 23 heavy (non-hydrogen) atoms. The highest BCUT2D eigenvalue weighted by Crippen LogP contribution is 2.15. The number of hydrogen-bond acceptors (Lipinski definition) is 5. The summed E-state index contributed by atoms with van der Waals surface area (Å²) >= 11 is 3.33. The molecular weight excluding hydrogens is 360 g/mol. The number of benzene rings is 1. The predicted molar refractivity (Wildman–Crippen MR) is 90.1 cm³/mol. The molecule has 2 rings (SSSR count). The number of aromatic nitrogens is 1. The number of nitriles is 1. The maximum Gasteiger partial charge on any atom is 0.258 e. The van der Waals surface area contributed by atoms with Crippen molar-refractivity contribution in [2.24, 2.45) is 0 Å². The maximum atomic E-state index is 11.7. The number of nitrogens with zero attached hydrogens (tertiary/aromatic N) is 2. The summed E-state index contributed by atoms with van der Waals surface area (Å²) in [6.45, 7) is 0.828. The highest BCUT2D eigenvalue weighted by molar-refractivity contribution is 9.10. The van der Waals surface area contributed by atoms with E-state index in [0.717, 1.165) is 4.47 Å². The molecule has 0 atom stereocenters. The van der Waals surface area contributed by atoms with Gasteiger partial charge in [-0.25, -0.2) is 4.98 Å². The first-order valence-corrected chi connectivity index (χ1v) is 7.72. The van der Waals surface area contributed by atoms with Crippen LogP contribution in [0, 0.1) is 11.3 Å². The fourth-order valence-corrected chi connectivity index (χ4v) is 2.01. The molecule has 0 radical (unpaired) electrons. The van der Waals surface area contributed by atoms with E-state index in [2.05, 4.69) is 37.6 Å². The third-order valence-corrected chi connectivity index (χ3v) is 3.38. The second-order valence-electron chi connectivity index (χ2n) is 4.53. The first-order chi connectivity index (χ1) is 11.2. The zero-order chi connectivity index (χ0) is 16.5. The Kier molecular flexibility index (Phi) is 6.39.